The Balaban J connectivity index is 2.25. The third-order valence-electron chi connectivity index (χ3n) is 3.23. The molecule has 1 aromatic carbocycles. The van der Waals surface area contributed by atoms with E-state index in [1.807, 2.05) is 30.5 Å². The first-order valence-electron chi connectivity index (χ1n) is 6.81. The van der Waals surface area contributed by atoms with Gasteiger partial charge >= 0.3 is 0 Å². The number of methoxy groups -OCH3 is 1. The van der Waals surface area contributed by atoms with E-state index in [-0.39, 0.29) is 6.04 Å². The van der Waals surface area contributed by atoms with Crippen LogP contribution in [-0.4, -0.2) is 18.6 Å². The van der Waals surface area contributed by atoms with Crippen LogP contribution in [0, 0.1) is 0 Å². The summed E-state index contributed by atoms with van der Waals surface area (Å²) in [5.41, 5.74) is 2.24. The molecule has 1 N–H and O–H groups in total. The molecule has 112 valence electrons. The van der Waals surface area contributed by atoms with Gasteiger partial charge in [-0.1, -0.05) is 22.9 Å². The third-order valence-corrected chi connectivity index (χ3v) is 4.48. The maximum absolute atomic E-state index is 5.31. The van der Waals surface area contributed by atoms with Crippen molar-refractivity contribution >= 4 is 31.9 Å². The smallest absolute Gasteiger partial charge is 0.119 e. The van der Waals surface area contributed by atoms with Gasteiger partial charge < -0.3 is 10.1 Å². The Labute approximate surface area is 142 Å². The van der Waals surface area contributed by atoms with Crippen LogP contribution < -0.4 is 10.1 Å². The molecule has 0 saturated heterocycles. The minimum absolute atomic E-state index is 0.173. The second kappa shape index (κ2) is 7.92. The highest BCUT2D eigenvalue weighted by Crippen LogP contribution is 2.27. The average molecular weight is 414 g/mol. The third kappa shape index (κ3) is 4.53. The van der Waals surface area contributed by atoms with Gasteiger partial charge in [0, 0.05) is 15.1 Å². The lowest BCUT2D eigenvalue weighted by Crippen LogP contribution is -2.24. The summed E-state index contributed by atoms with van der Waals surface area (Å²) in [7, 11) is 1.69. The van der Waals surface area contributed by atoms with Crippen molar-refractivity contribution in [3.63, 3.8) is 0 Å². The minimum Gasteiger partial charge on any atom is -0.497 e. The van der Waals surface area contributed by atoms with Crippen molar-refractivity contribution in [2.45, 2.75) is 19.4 Å². The lowest BCUT2D eigenvalue weighted by molar-refractivity contribution is 0.413. The standard InChI is InChI=1S/C16H18Br2N2O/c1-3-19-16(15-7-4-12(17)10-20-15)9-11-8-13(21-2)5-6-14(11)18/h4-8,10,16,19H,3,9H2,1-2H3. The molecule has 5 heteroatoms. The molecule has 0 aliphatic rings. The predicted molar refractivity (Wildman–Crippen MR) is 92.8 cm³/mol. The van der Waals surface area contributed by atoms with E-state index < -0.39 is 0 Å². The van der Waals surface area contributed by atoms with Gasteiger partial charge in [-0.2, -0.15) is 0 Å². The van der Waals surface area contributed by atoms with Crippen LogP contribution in [0.1, 0.15) is 24.2 Å². The number of hydrogen-bond donors (Lipinski definition) is 1. The summed E-state index contributed by atoms with van der Waals surface area (Å²) in [6.45, 7) is 3.00. The molecule has 0 radical (unpaired) electrons. The number of likely N-dealkylation sites (N-methyl/N-ethyl adjacent to an activating group) is 1. The number of benzene rings is 1. The van der Waals surface area contributed by atoms with Gasteiger partial charge in [-0.25, -0.2) is 0 Å². The average Bonchev–Trinajstić information content (AvgIpc) is 2.49. The molecule has 0 bridgehead atoms. The molecule has 0 aliphatic carbocycles. The molecule has 3 nitrogen and oxygen atoms in total. The molecule has 1 unspecified atom stereocenters. The van der Waals surface area contributed by atoms with Gasteiger partial charge in [0.25, 0.3) is 0 Å². The second-order valence-electron chi connectivity index (χ2n) is 4.67. The quantitative estimate of drug-likeness (QED) is 0.756. The summed E-state index contributed by atoms with van der Waals surface area (Å²) >= 11 is 7.04. The molecule has 2 rings (SSSR count). The maximum Gasteiger partial charge on any atom is 0.119 e. The zero-order valence-corrected chi connectivity index (χ0v) is 15.2. The Bertz CT molecular complexity index is 587. The Kier molecular flexibility index (Phi) is 6.21. The summed E-state index contributed by atoms with van der Waals surface area (Å²) in [6.07, 6.45) is 2.68. The number of ether oxygens (including phenoxy) is 1. The fourth-order valence-corrected chi connectivity index (χ4v) is 2.82. The van der Waals surface area contributed by atoms with Gasteiger partial charge in [0.1, 0.15) is 5.75 Å². The number of aromatic nitrogens is 1. The van der Waals surface area contributed by atoms with Crippen molar-refractivity contribution in [3.8, 4) is 5.75 Å². The number of halogens is 2. The Morgan fingerprint density at radius 2 is 2.05 bits per heavy atom. The number of rotatable bonds is 6. The van der Waals surface area contributed by atoms with Crippen molar-refractivity contribution in [2.75, 3.05) is 13.7 Å². The first-order chi connectivity index (χ1) is 10.1. The highest BCUT2D eigenvalue weighted by Gasteiger charge is 2.15. The Morgan fingerprint density at radius 1 is 1.24 bits per heavy atom. The zero-order valence-electron chi connectivity index (χ0n) is 12.1. The van der Waals surface area contributed by atoms with E-state index in [1.54, 1.807) is 7.11 Å². The van der Waals surface area contributed by atoms with Gasteiger partial charge in [-0.05, 0) is 64.8 Å². The fourth-order valence-electron chi connectivity index (χ4n) is 2.18. The second-order valence-corrected chi connectivity index (χ2v) is 6.44. The first-order valence-corrected chi connectivity index (χ1v) is 8.40. The van der Waals surface area contributed by atoms with E-state index in [1.165, 1.54) is 5.56 Å². The molecule has 0 fully saturated rings. The molecule has 0 amide bonds. The lowest BCUT2D eigenvalue weighted by Gasteiger charge is -2.19. The molecule has 0 saturated carbocycles. The van der Waals surface area contributed by atoms with Crippen molar-refractivity contribution < 1.29 is 4.74 Å². The number of nitrogens with zero attached hydrogens (tertiary/aromatic N) is 1. The van der Waals surface area contributed by atoms with Crippen LogP contribution in [-0.2, 0) is 6.42 Å². The van der Waals surface area contributed by atoms with Crippen molar-refractivity contribution in [1.29, 1.82) is 0 Å². The van der Waals surface area contributed by atoms with E-state index in [2.05, 4.69) is 55.2 Å². The van der Waals surface area contributed by atoms with E-state index in [4.69, 9.17) is 4.74 Å². The predicted octanol–water partition coefficient (Wildman–Crippen LogP) is 4.51. The molecule has 2 aromatic rings. The summed E-state index contributed by atoms with van der Waals surface area (Å²) in [6, 6.07) is 10.3. The van der Waals surface area contributed by atoms with E-state index >= 15 is 0 Å². The summed E-state index contributed by atoms with van der Waals surface area (Å²) < 4.78 is 7.39. The molecule has 1 atom stereocenters. The first kappa shape index (κ1) is 16.5. The van der Waals surface area contributed by atoms with Crippen LogP contribution >= 0.6 is 31.9 Å². The van der Waals surface area contributed by atoms with Gasteiger partial charge in [-0.15, -0.1) is 0 Å². The molecule has 1 heterocycles. The Hall–Kier alpha value is -0.910. The van der Waals surface area contributed by atoms with Gasteiger partial charge in [-0.3, -0.25) is 4.98 Å². The van der Waals surface area contributed by atoms with Crippen molar-refractivity contribution in [3.05, 3.63) is 56.7 Å². The van der Waals surface area contributed by atoms with Crippen molar-refractivity contribution in [2.24, 2.45) is 0 Å². The van der Waals surface area contributed by atoms with Crippen molar-refractivity contribution in [1.82, 2.24) is 10.3 Å². The lowest BCUT2D eigenvalue weighted by atomic mass is 10.0. The minimum atomic E-state index is 0.173. The highest BCUT2D eigenvalue weighted by atomic mass is 79.9. The fraction of sp³-hybridized carbons (Fsp3) is 0.312. The molecular weight excluding hydrogens is 396 g/mol. The molecule has 0 spiro atoms. The van der Waals surface area contributed by atoms with Crippen LogP contribution in [0.25, 0.3) is 0 Å². The molecule has 21 heavy (non-hydrogen) atoms. The number of nitrogens with one attached hydrogen (secondary N) is 1. The highest BCUT2D eigenvalue weighted by molar-refractivity contribution is 9.10. The normalized spacial score (nSPS) is 12.2. The van der Waals surface area contributed by atoms with E-state index in [0.717, 1.165) is 33.4 Å². The number of pyridine rings is 1. The van der Waals surface area contributed by atoms with E-state index in [9.17, 15) is 0 Å². The summed E-state index contributed by atoms with van der Waals surface area (Å²) in [5.74, 6) is 0.868. The monoisotopic (exact) mass is 412 g/mol. The van der Waals surface area contributed by atoms with Gasteiger partial charge in [0.05, 0.1) is 18.8 Å². The summed E-state index contributed by atoms with van der Waals surface area (Å²) in [5, 5.41) is 3.49. The van der Waals surface area contributed by atoms with Gasteiger partial charge in [0.2, 0.25) is 0 Å². The molecule has 1 aromatic heterocycles. The SMILES string of the molecule is CCNC(Cc1cc(OC)ccc1Br)c1ccc(Br)cn1. The van der Waals surface area contributed by atoms with Crippen LogP contribution in [0.2, 0.25) is 0 Å². The van der Waals surface area contributed by atoms with E-state index in [0.29, 0.717) is 0 Å². The van der Waals surface area contributed by atoms with Crippen LogP contribution in [0.15, 0.2) is 45.5 Å². The molecular formula is C16H18Br2N2O. The molecule has 0 aliphatic heterocycles. The zero-order chi connectivity index (χ0) is 15.2. The Morgan fingerprint density at radius 3 is 2.67 bits per heavy atom. The maximum atomic E-state index is 5.31. The topological polar surface area (TPSA) is 34.1 Å². The van der Waals surface area contributed by atoms with Crippen LogP contribution in [0.5, 0.6) is 5.75 Å². The van der Waals surface area contributed by atoms with Crippen LogP contribution in [0.4, 0.5) is 0 Å². The van der Waals surface area contributed by atoms with Crippen LogP contribution in [0.3, 0.4) is 0 Å². The number of hydrogen-bond acceptors (Lipinski definition) is 3. The van der Waals surface area contributed by atoms with Gasteiger partial charge in [0.15, 0.2) is 0 Å². The summed E-state index contributed by atoms with van der Waals surface area (Å²) in [4.78, 5) is 4.51. The largest absolute Gasteiger partial charge is 0.497 e.